The Labute approximate surface area is 228 Å². The molecule has 2 heterocycles. The molecule has 0 amide bonds. The zero-order chi connectivity index (χ0) is 26.4. The van der Waals surface area contributed by atoms with Crippen molar-refractivity contribution in [1.29, 1.82) is 0 Å². The topological polar surface area (TPSA) is 102 Å². The predicted octanol–water partition coefficient (Wildman–Crippen LogP) is 0.663. The van der Waals surface area contributed by atoms with Gasteiger partial charge >= 0.3 is 0 Å². The van der Waals surface area contributed by atoms with Gasteiger partial charge in [-0.1, -0.05) is 23.2 Å². The summed E-state index contributed by atoms with van der Waals surface area (Å²) in [4.78, 5) is 2.72. The van der Waals surface area contributed by atoms with Crippen LogP contribution in [0.4, 0.5) is 0 Å². The second kappa shape index (κ2) is 13.0. The number of sulfone groups is 1. The molecule has 0 saturated carbocycles. The maximum absolute atomic E-state index is 13.2. The van der Waals surface area contributed by atoms with Gasteiger partial charge in [0, 0.05) is 25.7 Å². The Morgan fingerprint density at radius 2 is 1.11 bits per heavy atom. The van der Waals surface area contributed by atoms with Gasteiger partial charge in [-0.25, -0.2) is 8.42 Å². The number of halogens is 2. The Balaban J connectivity index is 1.35. The summed E-state index contributed by atoms with van der Waals surface area (Å²) >= 11 is 12.6. The lowest BCUT2D eigenvalue weighted by atomic mass is 10.3. The zero-order valence-corrected chi connectivity index (χ0v) is 23.1. The number of aliphatic hydroxyl groups excluding tert-OH is 2. The summed E-state index contributed by atoms with van der Waals surface area (Å²) in [6.45, 7) is 5.63. The molecule has 0 spiro atoms. The second-order valence-electron chi connectivity index (χ2n) is 9.94. The normalized spacial score (nSPS) is 18.7. The standard InChI is InChI=1S/C26H34Cl2N2O6S/c27-23-13-21(5-7-25(23)35-17-19(31)15-29-9-1-2-10-29)37(33,34)22-6-8-26(24(28)14-22)36-18-20(32)16-30-11-3-4-12-30/h5-8,13-14,19-20,31-32H,1-4,9-12,15-18H2/p+2. The van der Waals surface area contributed by atoms with Crippen molar-refractivity contribution < 1.29 is 37.9 Å². The fourth-order valence-corrected chi connectivity index (χ4v) is 6.89. The molecule has 0 radical (unpaired) electrons. The lowest BCUT2D eigenvalue weighted by molar-refractivity contribution is -0.890. The first kappa shape index (κ1) is 28.4. The molecule has 0 bridgehead atoms. The van der Waals surface area contributed by atoms with Gasteiger partial charge in [0.1, 0.15) is 50.0 Å². The molecule has 0 aliphatic carbocycles. The van der Waals surface area contributed by atoms with E-state index < -0.39 is 22.0 Å². The third-order valence-corrected chi connectivity index (χ3v) is 9.30. The fraction of sp³-hybridized carbons (Fsp3) is 0.538. The molecule has 37 heavy (non-hydrogen) atoms. The van der Waals surface area contributed by atoms with Gasteiger partial charge in [-0.05, 0) is 36.4 Å². The van der Waals surface area contributed by atoms with Crippen molar-refractivity contribution in [2.75, 3.05) is 52.5 Å². The maximum atomic E-state index is 13.2. The molecular formula is C26H36Cl2N2O6S+2. The third-order valence-electron chi connectivity index (χ3n) is 6.96. The number of hydrogen-bond acceptors (Lipinski definition) is 6. The molecule has 2 aromatic rings. The molecule has 2 unspecified atom stereocenters. The number of ether oxygens (including phenoxy) is 2. The Kier molecular flexibility index (Phi) is 9.97. The minimum atomic E-state index is -3.90. The molecule has 2 atom stereocenters. The molecule has 11 heteroatoms. The Bertz CT molecular complexity index is 1070. The smallest absolute Gasteiger partial charge is 0.206 e. The SMILES string of the molecule is O=S(=O)(c1ccc(OCC(O)C[NH+]2CCCC2)c(Cl)c1)c1ccc(OCC(O)C[NH+]2CCCC2)c(Cl)c1. The number of hydrogen-bond donors (Lipinski definition) is 4. The van der Waals surface area contributed by atoms with Gasteiger partial charge in [-0.3, -0.25) is 0 Å². The highest BCUT2D eigenvalue weighted by atomic mass is 35.5. The summed E-state index contributed by atoms with van der Waals surface area (Å²) in [5.74, 6) is 0.624. The average molecular weight is 576 g/mol. The summed E-state index contributed by atoms with van der Waals surface area (Å²) in [5.41, 5.74) is 0. The number of benzene rings is 2. The van der Waals surface area contributed by atoms with Gasteiger partial charge < -0.3 is 29.5 Å². The van der Waals surface area contributed by atoms with E-state index in [4.69, 9.17) is 32.7 Å². The molecule has 2 saturated heterocycles. The molecule has 8 nitrogen and oxygen atoms in total. The van der Waals surface area contributed by atoms with Crippen molar-refractivity contribution in [3.63, 3.8) is 0 Å². The van der Waals surface area contributed by atoms with Crippen molar-refractivity contribution in [3.8, 4) is 11.5 Å². The summed E-state index contributed by atoms with van der Waals surface area (Å²) in [5, 5.41) is 20.8. The number of rotatable bonds is 12. The number of quaternary nitrogens is 2. The van der Waals surface area contributed by atoms with Crippen LogP contribution >= 0.6 is 23.2 Å². The van der Waals surface area contributed by atoms with Crippen molar-refractivity contribution in [2.24, 2.45) is 0 Å². The van der Waals surface area contributed by atoms with E-state index in [1.54, 1.807) is 0 Å². The van der Waals surface area contributed by atoms with Crippen LogP contribution in [0, 0.1) is 0 Å². The minimum Gasteiger partial charge on any atom is -0.489 e. The number of aliphatic hydroxyl groups is 2. The van der Waals surface area contributed by atoms with E-state index in [1.807, 2.05) is 0 Å². The number of likely N-dealkylation sites (tertiary alicyclic amines) is 2. The van der Waals surface area contributed by atoms with E-state index in [-0.39, 0.29) is 33.0 Å². The van der Waals surface area contributed by atoms with Crippen molar-refractivity contribution >= 4 is 33.0 Å². The number of nitrogens with one attached hydrogen (secondary N) is 2. The van der Waals surface area contributed by atoms with E-state index in [9.17, 15) is 18.6 Å². The molecule has 2 fully saturated rings. The first-order valence-corrected chi connectivity index (χ1v) is 15.1. The molecule has 0 aromatic heterocycles. The quantitative estimate of drug-likeness (QED) is 0.297. The highest BCUT2D eigenvalue weighted by Gasteiger charge is 2.24. The summed E-state index contributed by atoms with van der Waals surface area (Å²) in [6.07, 6.45) is 3.45. The molecule has 4 rings (SSSR count). The Morgan fingerprint density at radius 3 is 1.46 bits per heavy atom. The van der Waals surface area contributed by atoms with Gasteiger partial charge in [0.15, 0.2) is 0 Å². The second-order valence-corrected chi connectivity index (χ2v) is 12.7. The molecule has 2 aliphatic heterocycles. The van der Waals surface area contributed by atoms with Gasteiger partial charge in [0.05, 0.1) is 46.0 Å². The first-order chi connectivity index (χ1) is 17.7. The van der Waals surface area contributed by atoms with E-state index in [0.717, 1.165) is 26.2 Å². The molecule has 4 N–H and O–H groups in total. The van der Waals surface area contributed by atoms with E-state index >= 15 is 0 Å². The van der Waals surface area contributed by atoms with Crippen LogP contribution in [0.2, 0.25) is 10.0 Å². The van der Waals surface area contributed by atoms with Crippen LogP contribution in [-0.4, -0.2) is 83.3 Å². The largest absolute Gasteiger partial charge is 0.489 e. The van der Waals surface area contributed by atoms with E-state index in [0.29, 0.717) is 24.6 Å². The summed E-state index contributed by atoms with van der Waals surface area (Å²) < 4.78 is 37.7. The van der Waals surface area contributed by atoms with Gasteiger partial charge in [0.25, 0.3) is 0 Å². The lowest BCUT2D eigenvalue weighted by Gasteiger charge is -2.18. The molecule has 2 aromatic carbocycles. The summed E-state index contributed by atoms with van der Waals surface area (Å²) in [6, 6.07) is 8.49. The van der Waals surface area contributed by atoms with E-state index in [2.05, 4.69) is 0 Å². The molecular weight excluding hydrogens is 539 g/mol. The third kappa shape index (κ3) is 7.72. The lowest BCUT2D eigenvalue weighted by Crippen LogP contribution is -3.11. The van der Waals surface area contributed by atoms with Crippen LogP contribution < -0.4 is 19.3 Å². The Morgan fingerprint density at radius 1 is 0.730 bits per heavy atom. The fourth-order valence-electron chi connectivity index (χ4n) is 4.98. The van der Waals surface area contributed by atoms with Crippen LogP contribution in [0.5, 0.6) is 11.5 Å². The van der Waals surface area contributed by atoms with Gasteiger partial charge in [0.2, 0.25) is 9.84 Å². The van der Waals surface area contributed by atoms with Crippen LogP contribution in [0.15, 0.2) is 46.2 Å². The van der Waals surface area contributed by atoms with Gasteiger partial charge in [-0.15, -0.1) is 0 Å². The molecule has 204 valence electrons. The monoisotopic (exact) mass is 574 g/mol. The van der Waals surface area contributed by atoms with Gasteiger partial charge in [-0.2, -0.15) is 0 Å². The first-order valence-electron chi connectivity index (χ1n) is 12.9. The zero-order valence-electron chi connectivity index (χ0n) is 20.8. The maximum Gasteiger partial charge on any atom is 0.206 e. The van der Waals surface area contributed by atoms with Crippen molar-refractivity contribution in [2.45, 2.75) is 47.7 Å². The van der Waals surface area contributed by atoms with Crippen LogP contribution in [0.1, 0.15) is 25.7 Å². The van der Waals surface area contributed by atoms with Crippen LogP contribution in [0.3, 0.4) is 0 Å². The highest BCUT2D eigenvalue weighted by Crippen LogP contribution is 2.33. The van der Waals surface area contributed by atoms with E-state index in [1.165, 1.54) is 71.9 Å². The van der Waals surface area contributed by atoms with Crippen LogP contribution in [0.25, 0.3) is 0 Å². The summed E-state index contributed by atoms with van der Waals surface area (Å²) in [7, 11) is -3.90. The Hall–Kier alpha value is -1.59. The van der Waals surface area contributed by atoms with Crippen molar-refractivity contribution in [3.05, 3.63) is 46.4 Å². The predicted molar refractivity (Wildman–Crippen MR) is 141 cm³/mol. The van der Waals surface area contributed by atoms with Crippen molar-refractivity contribution in [1.82, 2.24) is 0 Å². The minimum absolute atomic E-state index is 0.000607. The molecule has 2 aliphatic rings. The average Bonchev–Trinajstić information content (AvgIpc) is 3.57. The highest BCUT2D eigenvalue weighted by molar-refractivity contribution is 7.91. The van der Waals surface area contributed by atoms with Crippen LogP contribution in [-0.2, 0) is 9.84 Å².